The summed E-state index contributed by atoms with van der Waals surface area (Å²) >= 11 is 0. The Labute approximate surface area is 112 Å². The maximum atomic E-state index is 13.3. The fraction of sp³-hybridized carbons (Fsp3) is 0.600. The number of hydrogen-bond donors (Lipinski definition) is 1. The third kappa shape index (κ3) is 2.39. The molecule has 1 aromatic carbocycles. The highest BCUT2D eigenvalue weighted by Crippen LogP contribution is 2.41. The largest absolute Gasteiger partial charge is 0.324 e. The number of benzene rings is 1. The van der Waals surface area contributed by atoms with Crippen LogP contribution in [0.3, 0.4) is 0 Å². The average Bonchev–Trinajstić information content (AvgIpc) is 2.60. The smallest absolute Gasteiger partial charge is 0.126 e. The van der Waals surface area contributed by atoms with Crippen molar-refractivity contribution in [1.29, 1.82) is 0 Å². The molecule has 0 spiro atoms. The van der Waals surface area contributed by atoms with E-state index in [1.54, 1.807) is 0 Å². The van der Waals surface area contributed by atoms with Gasteiger partial charge in [0.25, 0.3) is 0 Å². The third-order valence-electron chi connectivity index (χ3n) is 4.91. The standard InChI is InChI=1S/C15H20F2N2/c1-19-13-2-3-14(19)7-10(6-13)15(18)9-4-11(16)8-12(17)5-9/h4-5,8,10,13-15H,2-3,6-7,18H2,1H3. The van der Waals surface area contributed by atoms with Gasteiger partial charge < -0.3 is 10.6 Å². The van der Waals surface area contributed by atoms with Crippen molar-refractivity contribution in [3.8, 4) is 0 Å². The Morgan fingerprint density at radius 3 is 2.16 bits per heavy atom. The Hall–Kier alpha value is -1.00. The van der Waals surface area contributed by atoms with Crippen molar-refractivity contribution in [3.63, 3.8) is 0 Å². The second-order valence-corrected chi connectivity index (χ2v) is 6.01. The molecule has 2 fully saturated rings. The highest BCUT2D eigenvalue weighted by molar-refractivity contribution is 5.22. The first-order valence-electron chi connectivity index (χ1n) is 6.98. The van der Waals surface area contributed by atoms with Crippen molar-refractivity contribution in [3.05, 3.63) is 35.4 Å². The summed E-state index contributed by atoms with van der Waals surface area (Å²) in [4.78, 5) is 2.44. The zero-order chi connectivity index (χ0) is 13.6. The summed E-state index contributed by atoms with van der Waals surface area (Å²) in [7, 11) is 2.17. The van der Waals surface area contributed by atoms with Crippen LogP contribution in [0.4, 0.5) is 8.78 Å². The molecule has 2 heterocycles. The lowest BCUT2D eigenvalue weighted by Crippen LogP contribution is -2.42. The van der Waals surface area contributed by atoms with Gasteiger partial charge in [0.05, 0.1) is 0 Å². The Morgan fingerprint density at radius 2 is 1.63 bits per heavy atom. The highest BCUT2D eigenvalue weighted by atomic mass is 19.1. The Balaban J connectivity index is 1.79. The molecule has 1 aromatic rings. The average molecular weight is 266 g/mol. The van der Waals surface area contributed by atoms with Crippen LogP contribution in [0, 0.1) is 17.6 Å². The summed E-state index contributed by atoms with van der Waals surface area (Å²) in [6, 6.07) is 4.56. The summed E-state index contributed by atoms with van der Waals surface area (Å²) in [5, 5.41) is 0. The topological polar surface area (TPSA) is 29.3 Å². The zero-order valence-corrected chi connectivity index (χ0v) is 11.2. The lowest BCUT2D eigenvalue weighted by Gasteiger charge is -2.38. The zero-order valence-electron chi connectivity index (χ0n) is 11.2. The van der Waals surface area contributed by atoms with Crippen LogP contribution in [0.25, 0.3) is 0 Å². The molecule has 0 aliphatic carbocycles. The highest BCUT2D eigenvalue weighted by Gasteiger charge is 2.40. The first kappa shape index (κ1) is 13.0. The van der Waals surface area contributed by atoms with Gasteiger partial charge in [-0.1, -0.05) is 0 Å². The maximum absolute atomic E-state index is 13.3. The Kier molecular flexibility index (Phi) is 3.31. The molecule has 0 saturated carbocycles. The molecule has 2 saturated heterocycles. The van der Waals surface area contributed by atoms with Crippen LogP contribution >= 0.6 is 0 Å². The monoisotopic (exact) mass is 266 g/mol. The predicted octanol–water partition coefficient (Wildman–Crippen LogP) is 2.84. The normalized spacial score (nSPS) is 32.5. The molecule has 4 heteroatoms. The number of halogens is 2. The Bertz CT molecular complexity index is 443. The van der Waals surface area contributed by atoms with Gasteiger partial charge in [0, 0.05) is 24.2 Å². The van der Waals surface area contributed by atoms with Crippen LogP contribution in [0.1, 0.15) is 37.3 Å². The van der Waals surface area contributed by atoms with E-state index in [0.717, 1.165) is 18.9 Å². The molecule has 3 rings (SSSR count). The number of nitrogens with zero attached hydrogens (tertiary/aromatic N) is 1. The van der Waals surface area contributed by atoms with E-state index in [2.05, 4.69) is 11.9 Å². The number of hydrogen-bond acceptors (Lipinski definition) is 2. The van der Waals surface area contributed by atoms with Crippen molar-refractivity contribution in [1.82, 2.24) is 4.90 Å². The van der Waals surface area contributed by atoms with Gasteiger partial charge in [-0.05, 0) is 56.3 Å². The molecule has 2 aliphatic rings. The summed E-state index contributed by atoms with van der Waals surface area (Å²) in [6.45, 7) is 0. The summed E-state index contributed by atoms with van der Waals surface area (Å²) in [6.07, 6.45) is 4.52. The van der Waals surface area contributed by atoms with E-state index in [0.29, 0.717) is 23.6 Å². The lowest BCUT2D eigenvalue weighted by molar-refractivity contribution is 0.120. The molecule has 0 radical (unpaired) electrons. The number of rotatable bonds is 2. The fourth-order valence-corrected chi connectivity index (χ4v) is 3.79. The summed E-state index contributed by atoms with van der Waals surface area (Å²) < 4.78 is 26.6. The minimum atomic E-state index is -0.540. The van der Waals surface area contributed by atoms with E-state index in [-0.39, 0.29) is 6.04 Å². The van der Waals surface area contributed by atoms with Gasteiger partial charge in [-0.15, -0.1) is 0 Å². The van der Waals surface area contributed by atoms with Crippen molar-refractivity contribution >= 4 is 0 Å². The van der Waals surface area contributed by atoms with Crippen LogP contribution in [-0.4, -0.2) is 24.0 Å². The number of nitrogens with two attached hydrogens (primary N) is 1. The van der Waals surface area contributed by atoms with Crippen LogP contribution in [0.2, 0.25) is 0 Å². The number of fused-ring (bicyclic) bond motifs is 2. The summed E-state index contributed by atoms with van der Waals surface area (Å²) in [5.74, 6) is -0.752. The molecular formula is C15H20F2N2. The Morgan fingerprint density at radius 1 is 1.11 bits per heavy atom. The van der Waals surface area contributed by atoms with Gasteiger partial charge in [-0.3, -0.25) is 0 Å². The van der Waals surface area contributed by atoms with Crippen molar-refractivity contribution < 1.29 is 8.78 Å². The molecule has 104 valence electrons. The van der Waals surface area contributed by atoms with Crippen LogP contribution in [0.5, 0.6) is 0 Å². The molecule has 19 heavy (non-hydrogen) atoms. The molecule has 0 aromatic heterocycles. The minimum Gasteiger partial charge on any atom is -0.324 e. The van der Waals surface area contributed by atoms with Gasteiger partial charge in [-0.2, -0.15) is 0 Å². The first-order chi connectivity index (χ1) is 9.04. The van der Waals surface area contributed by atoms with E-state index in [1.807, 2.05) is 0 Å². The SMILES string of the molecule is CN1C2CCC1CC(C(N)c1cc(F)cc(F)c1)C2. The molecule has 0 amide bonds. The minimum absolute atomic E-state index is 0.262. The van der Waals surface area contributed by atoms with Crippen LogP contribution in [-0.2, 0) is 0 Å². The molecule has 2 aliphatic heterocycles. The molecule has 3 atom stereocenters. The van der Waals surface area contributed by atoms with Gasteiger partial charge in [0.15, 0.2) is 0 Å². The van der Waals surface area contributed by atoms with Gasteiger partial charge >= 0.3 is 0 Å². The van der Waals surface area contributed by atoms with E-state index in [4.69, 9.17) is 5.73 Å². The van der Waals surface area contributed by atoms with E-state index in [1.165, 1.54) is 25.0 Å². The van der Waals surface area contributed by atoms with E-state index >= 15 is 0 Å². The molecule has 2 N–H and O–H groups in total. The van der Waals surface area contributed by atoms with Gasteiger partial charge in [0.1, 0.15) is 11.6 Å². The van der Waals surface area contributed by atoms with Gasteiger partial charge in [0.2, 0.25) is 0 Å². The second-order valence-electron chi connectivity index (χ2n) is 6.01. The number of piperidine rings is 1. The first-order valence-corrected chi connectivity index (χ1v) is 6.98. The predicted molar refractivity (Wildman–Crippen MR) is 70.6 cm³/mol. The van der Waals surface area contributed by atoms with Gasteiger partial charge in [-0.25, -0.2) is 8.78 Å². The molecular weight excluding hydrogens is 246 g/mol. The third-order valence-corrected chi connectivity index (χ3v) is 4.91. The molecule has 3 unspecified atom stereocenters. The summed E-state index contributed by atoms with van der Waals surface area (Å²) in [5.41, 5.74) is 6.84. The quantitative estimate of drug-likeness (QED) is 0.892. The van der Waals surface area contributed by atoms with Crippen LogP contribution < -0.4 is 5.73 Å². The maximum Gasteiger partial charge on any atom is 0.126 e. The van der Waals surface area contributed by atoms with Crippen molar-refractivity contribution in [2.75, 3.05) is 7.05 Å². The molecule has 2 bridgehead atoms. The molecule has 2 nitrogen and oxygen atoms in total. The van der Waals surface area contributed by atoms with Crippen LogP contribution in [0.15, 0.2) is 18.2 Å². The second kappa shape index (κ2) is 4.84. The lowest BCUT2D eigenvalue weighted by atomic mass is 9.82. The van der Waals surface area contributed by atoms with E-state index in [9.17, 15) is 8.78 Å². The fourth-order valence-electron chi connectivity index (χ4n) is 3.79. The van der Waals surface area contributed by atoms with Crippen molar-refractivity contribution in [2.45, 2.75) is 43.8 Å². The van der Waals surface area contributed by atoms with E-state index < -0.39 is 11.6 Å². The van der Waals surface area contributed by atoms with Crippen molar-refractivity contribution in [2.24, 2.45) is 11.7 Å².